The van der Waals surface area contributed by atoms with E-state index < -0.39 is 0 Å². The molecule has 1 amide bonds. The maximum absolute atomic E-state index is 13.0. The lowest BCUT2D eigenvalue weighted by Gasteiger charge is -2.31. The van der Waals surface area contributed by atoms with E-state index in [9.17, 15) is 4.79 Å². The molecule has 0 bridgehead atoms. The number of anilines is 1. The molecule has 1 atom stereocenters. The fourth-order valence-corrected chi connectivity index (χ4v) is 5.01. The Morgan fingerprint density at radius 3 is 2.59 bits per heavy atom. The maximum atomic E-state index is 13.0. The number of aryl methyl sites for hydroxylation is 1. The lowest BCUT2D eigenvalue weighted by molar-refractivity contribution is -0.121. The Bertz CT molecular complexity index is 1280. The summed E-state index contributed by atoms with van der Waals surface area (Å²) in [6.45, 7) is 4.55. The fraction of sp³-hybridized carbons (Fsp3) is 0.286. The standard InChI is InChI=1S/C28H29BrN4O/c1-2-20-9-13-23(14-10-20)30-28(34)21-6-5-17-32(18-21)19-27-31-25-7-3-4-8-26(25)33(27)24-15-11-22(29)12-16-24/h3-4,7-16,21H,2,5-6,17-19H2,1H3,(H,30,34)/t21-/m0/s1. The number of carbonyl (C=O) groups excluding carboxylic acids is 1. The number of rotatable bonds is 6. The quantitative estimate of drug-likeness (QED) is 0.331. The van der Waals surface area contributed by atoms with Crippen molar-refractivity contribution in [3.63, 3.8) is 0 Å². The molecule has 174 valence electrons. The van der Waals surface area contributed by atoms with Gasteiger partial charge in [-0.25, -0.2) is 4.98 Å². The first-order chi connectivity index (χ1) is 16.6. The average Bonchev–Trinajstić information content (AvgIpc) is 3.23. The first kappa shape index (κ1) is 22.8. The summed E-state index contributed by atoms with van der Waals surface area (Å²) in [4.78, 5) is 20.4. The van der Waals surface area contributed by atoms with Crippen molar-refractivity contribution in [1.29, 1.82) is 0 Å². The topological polar surface area (TPSA) is 50.2 Å². The third-order valence-electron chi connectivity index (χ3n) is 6.59. The van der Waals surface area contributed by atoms with Crippen LogP contribution in [0.15, 0.2) is 77.3 Å². The Labute approximate surface area is 208 Å². The van der Waals surface area contributed by atoms with Gasteiger partial charge in [-0.1, -0.05) is 47.1 Å². The highest BCUT2D eigenvalue weighted by Gasteiger charge is 2.27. The van der Waals surface area contributed by atoms with E-state index >= 15 is 0 Å². The van der Waals surface area contributed by atoms with Gasteiger partial charge in [0.05, 0.1) is 23.5 Å². The van der Waals surface area contributed by atoms with E-state index in [0.29, 0.717) is 6.54 Å². The normalized spacial score (nSPS) is 16.6. The largest absolute Gasteiger partial charge is 0.326 e. The lowest BCUT2D eigenvalue weighted by Crippen LogP contribution is -2.40. The van der Waals surface area contributed by atoms with E-state index in [0.717, 1.165) is 65.1 Å². The van der Waals surface area contributed by atoms with E-state index in [-0.39, 0.29) is 11.8 Å². The van der Waals surface area contributed by atoms with Crippen LogP contribution >= 0.6 is 15.9 Å². The number of imidazole rings is 1. The minimum Gasteiger partial charge on any atom is -0.326 e. The third kappa shape index (κ3) is 4.93. The predicted octanol–water partition coefficient (Wildman–Crippen LogP) is 6.20. The molecule has 6 heteroatoms. The minimum atomic E-state index is -0.0230. The summed E-state index contributed by atoms with van der Waals surface area (Å²) in [5.41, 5.74) is 5.32. The first-order valence-corrected chi connectivity index (χ1v) is 12.7. The molecule has 1 fully saturated rings. The van der Waals surface area contributed by atoms with Crippen molar-refractivity contribution in [3.05, 3.63) is 88.7 Å². The van der Waals surface area contributed by atoms with E-state index in [1.165, 1.54) is 5.56 Å². The average molecular weight is 517 g/mol. The van der Waals surface area contributed by atoms with Crippen molar-refractivity contribution in [3.8, 4) is 5.69 Å². The van der Waals surface area contributed by atoms with E-state index in [4.69, 9.17) is 4.98 Å². The predicted molar refractivity (Wildman–Crippen MR) is 141 cm³/mol. The molecule has 0 saturated carbocycles. The molecule has 5 rings (SSSR count). The zero-order valence-corrected chi connectivity index (χ0v) is 21.0. The number of amides is 1. The number of carbonyl (C=O) groups is 1. The molecule has 0 aliphatic carbocycles. The number of nitrogens with zero attached hydrogens (tertiary/aromatic N) is 3. The van der Waals surface area contributed by atoms with Crippen LogP contribution in [0, 0.1) is 5.92 Å². The molecule has 5 nitrogen and oxygen atoms in total. The highest BCUT2D eigenvalue weighted by Crippen LogP contribution is 2.26. The van der Waals surface area contributed by atoms with Crippen LogP contribution in [-0.2, 0) is 17.8 Å². The summed E-state index contributed by atoms with van der Waals surface area (Å²) >= 11 is 3.54. The maximum Gasteiger partial charge on any atom is 0.228 e. The van der Waals surface area contributed by atoms with E-state index in [1.807, 2.05) is 18.2 Å². The summed E-state index contributed by atoms with van der Waals surface area (Å²) in [5, 5.41) is 3.12. The number of hydrogen-bond donors (Lipinski definition) is 1. The second-order valence-electron chi connectivity index (χ2n) is 8.94. The monoisotopic (exact) mass is 516 g/mol. The zero-order valence-electron chi connectivity index (χ0n) is 19.4. The second kappa shape index (κ2) is 10.1. The molecule has 4 aromatic rings. The van der Waals surface area contributed by atoms with Gasteiger partial charge in [-0.15, -0.1) is 0 Å². The molecule has 3 aromatic carbocycles. The van der Waals surface area contributed by atoms with Gasteiger partial charge in [0.2, 0.25) is 5.91 Å². The Balaban J connectivity index is 1.34. The van der Waals surface area contributed by atoms with Crippen LogP contribution in [0.4, 0.5) is 5.69 Å². The van der Waals surface area contributed by atoms with Gasteiger partial charge in [-0.3, -0.25) is 14.3 Å². The molecule has 2 heterocycles. The molecule has 0 spiro atoms. The van der Waals surface area contributed by atoms with Gasteiger partial charge in [0.15, 0.2) is 0 Å². The van der Waals surface area contributed by atoms with Gasteiger partial charge >= 0.3 is 0 Å². The lowest BCUT2D eigenvalue weighted by atomic mass is 9.97. The number of benzene rings is 3. The summed E-state index contributed by atoms with van der Waals surface area (Å²) in [6.07, 6.45) is 2.92. The van der Waals surface area contributed by atoms with Crippen molar-refractivity contribution in [2.75, 3.05) is 18.4 Å². The van der Waals surface area contributed by atoms with Gasteiger partial charge in [-0.05, 0) is 79.9 Å². The van der Waals surface area contributed by atoms with Crippen LogP contribution < -0.4 is 5.32 Å². The summed E-state index contributed by atoms with van der Waals surface area (Å²) in [7, 11) is 0. The van der Waals surface area contributed by atoms with Crippen molar-refractivity contribution < 1.29 is 4.79 Å². The van der Waals surface area contributed by atoms with Gasteiger partial charge in [0.1, 0.15) is 5.82 Å². The molecule has 0 radical (unpaired) electrons. The summed E-state index contributed by atoms with van der Waals surface area (Å²) in [6, 6.07) is 24.7. The number of nitrogens with one attached hydrogen (secondary N) is 1. The Hall–Kier alpha value is -2.96. The number of aromatic nitrogens is 2. The molecule has 1 aliphatic heterocycles. The van der Waals surface area contributed by atoms with Crippen LogP contribution in [-0.4, -0.2) is 33.4 Å². The highest BCUT2D eigenvalue weighted by atomic mass is 79.9. The van der Waals surface area contributed by atoms with Crippen LogP contribution in [0.2, 0.25) is 0 Å². The number of halogens is 1. The van der Waals surface area contributed by atoms with Crippen molar-refractivity contribution in [2.45, 2.75) is 32.7 Å². The van der Waals surface area contributed by atoms with E-state index in [1.54, 1.807) is 0 Å². The number of likely N-dealkylation sites (tertiary alicyclic amines) is 1. The minimum absolute atomic E-state index is 0.0230. The van der Waals surface area contributed by atoms with E-state index in [2.05, 4.69) is 92.2 Å². The number of para-hydroxylation sites is 2. The van der Waals surface area contributed by atoms with Gasteiger partial charge in [0, 0.05) is 22.4 Å². The van der Waals surface area contributed by atoms with Gasteiger partial charge < -0.3 is 5.32 Å². The first-order valence-electron chi connectivity index (χ1n) is 11.9. The molecule has 1 N–H and O–H groups in total. The Kier molecular flexibility index (Phi) is 6.79. The molecule has 1 aliphatic rings. The molecule has 34 heavy (non-hydrogen) atoms. The van der Waals surface area contributed by atoms with Gasteiger partial charge in [0.25, 0.3) is 0 Å². The summed E-state index contributed by atoms with van der Waals surface area (Å²) < 4.78 is 3.29. The molecule has 0 unspecified atom stereocenters. The zero-order chi connectivity index (χ0) is 23.5. The third-order valence-corrected chi connectivity index (χ3v) is 7.11. The van der Waals surface area contributed by atoms with Crippen LogP contribution in [0.5, 0.6) is 0 Å². The second-order valence-corrected chi connectivity index (χ2v) is 9.86. The van der Waals surface area contributed by atoms with Crippen LogP contribution in [0.3, 0.4) is 0 Å². The molecule has 1 saturated heterocycles. The van der Waals surface area contributed by atoms with Crippen molar-refractivity contribution in [1.82, 2.24) is 14.5 Å². The smallest absolute Gasteiger partial charge is 0.228 e. The fourth-order valence-electron chi connectivity index (χ4n) is 4.74. The molecular formula is C28H29BrN4O. The molecule has 1 aromatic heterocycles. The number of piperidine rings is 1. The van der Waals surface area contributed by atoms with Crippen molar-refractivity contribution >= 4 is 38.6 Å². The Morgan fingerprint density at radius 2 is 1.82 bits per heavy atom. The summed E-state index contributed by atoms with van der Waals surface area (Å²) in [5.74, 6) is 1.08. The number of fused-ring (bicyclic) bond motifs is 1. The number of hydrogen-bond acceptors (Lipinski definition) is 3. The molecular weight excluding hydrogens is 488 g/mol. The van der Waals surface area contributed by atoms with Crippen molar-refractivity contribution in [2.24, 2.45) is 5.92 Å². The Morgan fingerprint density at radius 1 is 1.06 bits per heavy atom. The SMILES string of the molecule is CCc1ccc(NC(=O)[C@H]2CCCN(Cc3nc4ccccc4n3-c3ccc(Br)cc3)C2)cc1. The van der Waals surface area contributed by atoms with Gasteiger partial charge in [-0.2, -0.15) is 0 Å². The highest BCUT2D eigenvalue weighted by molar-refractivity contribution is 9.10. The van der Waals surface area contributed by atoms with Crippen LogP contribution in [0.1, 0.15) is 31.2 Å². The van der Waals surface area contributed by atoms with Crippen LogP contribution in [0.25, 0.3) is 16.7 Å².